The van der Waals surface area contributed by atoms with E-state index in [0.29, 0.717) is 4.43 Å². The summed E-state index contributed by atoms with van der Waals surface area (Å²) in [6.07, 6.45) is -4.23. The lowest BCUT2D eigenvalue weighted by molar-refractivity contribution is -0.137. The first-order valence-corrected chi connectivity index (χ1v) is 5.20. The minimum Gasteiger partial charge on any atom is -0.166 e. The summed E-state index contributed by atoms with van der Waals surface area (Å²) in [6, 6.07) is 3.84. The molecule has 0 bridgehead atoms. The number of rotatable bonds is 1. The SMILES string of the molecule is Cc1ccc(C(F)(F)F)cc1CI. The van der Waals surface area contributed by atoms with Crippen LogP contribution in [0.1, 0.15) is 16.7 Å². The van der Waals surface area contributed by atoms with Crippen molar-refractivity contribution in [1.82, 2.24) is 0 Å². The van der Waals surface area contributed by atoms with E-state index in [-0.39, 0.29) is 0 Å². The molecule has 72 valence electrons. The van der Waals surface area contributed by atoms with Crippen molar-refractivity contribution in [2.75, 3.05) is 0 Å². The predicted octanol–water partition coefficient (Wildman–Crippen LogP) is 3.95. The van der Waals surface area contributed by atoms with E-state index in [9.17, 15) is 13.2 Å². The Hall–Kier alpha value is -0.260. The highest BCUT2D eigenvalue weighted by molar-refractivity contribution is 14.1. The van der Waals surface area contributed by atoms with E-state index >= 15 is 0 Å². The van der Waals surface area contributed by atoms with Crippen LogP contribution in [0.25, 0.3) is 0 Å². The van der Waals surface area contributed by atoms with Crippen LogP contribution in [0.2, 0.25) is 0 Å². The zero-order valence-corrected chi connectivity index (χ0v) is 9.11. The van der Waals surface area contributed by atoms with E-state index in [1.807, 2.05) is 6.92 Å². The van der Waals surface area contributed by atoms with Crippen LogP contribution in [0, 0.1) is 6.92 Å². The number of hydrogen-bond acceptors (Lipinski definition) is 0. The highest BCUT2D eigenvalue weighted by atomic mass is 127. The Morgan fingerprint density at radius 1 is 1.31 bits per heavy atom. The molecule has 0 heterocycles. The summed E-state index contributed by atoms with van der Waals surface area (Å²) in [4.78, 5) is 0. The molecule has 0 fully saturated rings. The van der Waals surface area contributed by atoms with Gasteiger partial charge in [-0.15, -0.1) is 0 Å². The fraction of sp³-hybridized carbons (Fsp3) is 0.333. The summed E-state index contributed by atoms with van der Waals surface area (Å²) in [7, 11) is 0. The van der Waals surface area contributed by atoms with Gasteiger partial charge in [0.2, 0.25) is 0 Å². The molecule has 1 rings (SSSR count). The van der Waals surface area contributed by atoms with Gasteiger partial charge in [-0.3, -0.25) is 0 Å². The smallest absolute Gasteiger partial charge is 0.166 e. The minimum absolute atomic E-state index is 0.565. The molecule has 0 saturated carbocycles. The van der Waals surface area contributed by atoms with E-state index < -0.39 is 11.7 Å². The molecule has 0 aliphatic heterocycles. The van der Waals surface area contributed by atoms with Gasteiger partial charge < -0.3 is 0 Å². The first-order valence-electron chi connectivity index (χ1n) is 3.68. The van der Waals surface area contributed by atoms with Crippen molar-refractivity contribution < 1.29 is 13.2 Å². The normalized spacial score (nSPS) is 11.8. The quantitative estimate of drug-likeness (QED) is 0.544. The fourth-order valence-electron chi connectivity index (χ4n) is 0.992. The van der Waals surface area contributed by atoms with Gasteiger partial charge in [0, 0.05) is 4.43 Å². The summed E-state index contributed by atoms with van der Waals surface area (Å²) in [5.74, 6) is 0. The van der Waals surface area contributed by atoms with Crippen molar-refractivity contribution in [3.05, 3.63) is 34.9 Å². The van der Waals surface area contributed by atoms with Crippen molar-refractivity contribution in [3.8, 4) is 0 Å². The molecule has 4 heteroatoms. The number of benzene rings is 1. The Kier molecular flexibility index (Phi) is 3.21. The minimum atomic E-state index is -4.23. The monoisotopic (exact) mass is 300 g/mol. The van der Waals surface area contributed by atoms with Gasteiger partial charge in [0.25, 0.3) is 0 Å². The van der Waals surface area contributed by atoms with E-state index in [1.165, 1.54) is 12.1 Å². The van der Waals surface area contributed by atoms with Crippen molar-refractivity contribution in [2.24, 2.45) is 0 Å². The Labute approximate surface area is 88.3 Å². The second kappa shape index (κ2) is 3.86. The van der Waals surface area contributed by atoms with Crippen LogP contribution >= 0.6 is 22.6 Å². The van der Waals surface area contributed by atoms with Crippen molar-refractivity contribution in [2.45, 2.75) is 17.5 Å². The van der Waals surface area contributed by atoms with Gasteiger partial charge in [-0.05, 0) is 30.2 Å². The largest absolute Gasteiger partial charge is 0.416 e. The van der Waals surface area contributed by atoms with Crippen LogP contribution in [0.15, 0.2) is 18.2 Å². The molecule has 0 amide bonds. The molecule has 1 aromatic carbocycles. The van der Waals surface area contributed by atoms with Gasteiger partial charge >= 0.3 is 6.18 Å². The Bertz CT molecular complexity index is 304. The Morgan fingerprint density at radius 3 is 2.38 bits per heavy atom. The number of aryl methyl sites for hydroxylation is 1. The van der Waals surface area contributed by atoms with Crippen LogP contribution in [0.3, 0.4) is 0 Å². The third-order valence-electron chi connectivity index (χ3n) is 1.82. The average Bonchev–Trinajstić information content (AvgIpc) is 2.03. The molecular weight excluding hydrogens is 292 g/mol. The van der Waals surface area contributed by atoms with Gasteiger partial charge in [0.15, 0.2) is 0 Å². The summed E-state index contributed by atoms with van der Waals surface area (Å²) < 4.78 is 37.3. The highest BCUT2D eigenvalue weighted by Gasteiger charge is 2.30. The van der Waals surface area contributed by atoms with Crippen molar-refractivity contribution in [3.63, 3.8) is 0 Å². The summed E-state index contributed by atoms with van der Waals surface area (Å²) in [5.41, 5.74) is 1.09. The van der Waals surface area contributed by atoms with Crippen molar-refractivity contribution >= 4 is 22.6 Å². The number of hydrogen-bond donors (Lipinski definition) is 0. The van der Waals surface area contributed by atoms with Crippen LogP contribution in [0.5, 0.6) is 0 Å². The average molecular weight is 300 g/mol. The molecule has 1 aromatic rings. The lowest BCUT2D eigenvalue weighted by Gasteiger charge is -2.09. The second-order valence-corrected chi connectivity index (χ2v) is 3.54. The fourth-order valence-corrected chi connectivity index (χ4v) is 1.81. The van der Waals surface area contributed by atoms with Gasteiger partial charge in [0.05, 0.1) is 5.56 Å². The molecule has 0 N–H and O–H groups in total. The zero-order chi connectivity index (χ0) is 10.1. The second-order valence-electron chi connectivity index (χ2n) is 2.77. The molecule has 0 atom stereocenters. The molecule has 0 unspecified atom stereocenters. The molecule has 0 spiro atoms. The summed E-state index contributed by atoms with van der Waals surface area (Å²) in [6.45, 7) is 1.81. The van der Waals surface area contributed by atoms with Crippen LogP contribution in [-0.2, 0) is 10.6 Å². The molecule has 0 aliphatic rings. The van der Waals surface area contributed by atoms with Gasteiger partial charge in [0.1, 0.15) is 0 Å². The Morgan fingerprint density at radius 2 is 1.92 bits per heavy atom. The van der Waals surface area contributed by atoms with E-state index in [1.54, 1.807) is 0 Å². The topological polar surface area (TPSA) is 0 Å². The maximum Gasteiger partial charge on any atom is 0.416 e. The maximum absolute atomic E-state index is 12.2. The molecule has 0 nitrogen and oxygen atoms in total. The van der Waals surface area contributed by atoms with Crippen LogP contribution in [0.4, 0.5) is 13.2 Å². The van der Waals surface area contributed by atoms with Gasteiger partial charge in [-0.1, -0.05) is 28.7 Å². The number of halogens is 4. The number of alkyl halides is 4. The first kappa shape index (κ1) is 10.8. The zero-order valence-electron chi connectivity index (χ0n) is 6.95. The van der Waals surface area contributed by atoms with Crippen LogP contribution < -0.4 is 0 Å². The Balaban J connectivity index is 3.14. The highest BCUT2D eigenvalue weighted by Crippen LogP contribution is 2.30. The van der Waals surface area contributed by atoms with E-state index in [4.69, 9.17) is 0 Å². The molecule has 13 heavy (non-hydrogen) atoms. The third kappa shape index (κ3) is 2.59. The van der Waals surface area contributed by atoms with Gasteiger partial charge in [-0.2, -0.15) is 13.2 Å². The van der Waals surface area contributed by atoms with Gasteiger partial charge in [-0.25, -0.2) is 0 Å². The molecule has 0 saturated heterocycles. The molecule has 0 aromatic heterocycles. The third-order valence-corrected chi connectivity index (χ3v) is 2.64. The molecule has 0 radical (unpaired) electrons. The lowest BCUT2D eigenvalue weighted by Crippen LogP contribution is -2.05. The van der Waals surface area contributed by atoms with Crippen LogP contribution in [-0.4, -0.2) is 0 Å². The first-order chi connectivity index (χ1) is 5.95. The summed E-state index contributed by atoms with van der Waals surface area (Å²) >= 11 is 2.06. The predicted molar refractivity (Wildman–Crippen MR) is 53.9 cm³/mol. The molecular formula is C9H8F3I. The van der Waals surface area contributed by atoms with Crippen molar-refractivity contribution in [1.29, 1.82) is 0 Å². The standard InChI is InChI=1S/C9H8F3I/c1-6-2-3-8(9(10,11)12)4-7(6)5-13/h2-4H,5H2,1H3. The van der Waals surface area contributed by atoms with E-state index in [0.717, 1.165) is 17.2 Å². The summed E-state index contributed by atoms with van der Waals surface area (Å²) in [5, 5.41) is 0. The lowest BCUT2D eigenvalue weighted by atomic mass is 10.1. The maximum atomic E-state index is 12.2. The molecule has 0 aliphatic carbocycles. The van der Waals surface area contributed by atoms with E-state index in [2.05, 4.69) is 22.6 Å².